The number of methoxy groups -OCH3 is 2. The first-order valence-corrected chi connectivity index (χ1v) is 6.39. The molecule has 0 atom stereocenters. The zero-order chi connectivity index (χ0) is 14.4. The zero-order valence-corrected chi connectivity index (χ0v) is 11.7. The van der Waals surface area contributed by atoms with Gasteiger partial charge in [0.15, 0.2) is 0 Å². The number of nitrogens with one attached hydrogen (secondary N) is 1. The van der Waals surface area contributed by atoms with E-state index in [4.69, 9.17) is 9.47 Å². The van der Waals surface area contributed by atoms with Gasteiger partial charge >= 0.3 is 0 Å². The van der Waals surface area contributed by atoms with Gasteiger partial charge in [-0.3, -0.25) is 0 Å². The molecule has 2 aromatic rings. The molecule has 3 nitrogen and oxygen atoms in total. The van der Waals surface area contributed by atoms with Gasteiger partial charge in [-0.15, -0.1) is 0 Å². The first kappa shape index (κ1) is 14.3. The molecule has 106 valence electrons. The highest BCUT2D eigenvalue weighted by atomic mass is 19.1. The van der Waals surface area contributed by atoms with E-state index in [9.17, 15) is 4.39 Å². The van der Waals surface area contributed by atoms with E-state index < -0.39 is 0 Å². The van der Waals surface area contributed by atoms with Gasteiger partial charge in [-0.05, 0) is 12.1 Å². The van der Waals surface area contributed by atoms with Crippen LogP contribution in [0, 0.1) is 5.82 Å². The summed E-state index contributed by atoms with van der Waals surface area (Å²) < 4.78 is 24.0. The molecule has 0 bridgehead atoms. The number of halogens is 1. The predicted molar refractivity (Wildman–Crippen MR) is 76.5 cm³/mol. The summed E-state index contributed by atoms with van der Waals surface area (Å²) in [4.78, 5) is 0. The Morgan fingerprint density at radius 1 is 0.950 bits per heavy atom. The summed E-state index contributed by atoms with van der Waals surface area (Å²) in [7, 11) is 3.16. The SMILES string of the molecule is COc1ccc(CNCc2ccccc2OC)c(F)c1. The molecular weight excluding hydrogens is 257 g/mol. The van der Waals surface area contributed by atoms with Crippen LogP contribution in [0.2, 0.25) is 0 Å². The van der Waals surface area contributed by atoms with Gasteiger partial charge in [-0.25, -0.2) is 4.39 Å². The third kappa shape index (κ3) is 3.48. The maximum Gasteiger partial charge on any atom is 0.131 e. The van der Waals surface area contributed by atoms with Crippen LogP contribution in [0.15, 0.2) is 42.5 Å². The van der Waals surface area contributed by atoms with Gasteiger partial charge in [0.05, 0.1) is 14.2 Å². The highest BCUT2D eigenvalue weighted by Gasteiger charge is 2.05. The smallest absolute Gasteiger partial charge is 0.131 e. The van der Waals surface area contributed by atoms with E-state index in [-0.39, 0.29) is 5.82 Å². The molecular formula is C16H18FNO2. The van der Waals surface area contributed by atoms with E-state index in [1.165, 1.54) is 13.2 Å². The molecule has 2 rings (SSSR count). The van der Waals surface area contributed by atoms with Crippen LogP contribution in [-0.4, -0.2) is 14.2 Å². The van der Waals surface area contributed by atoms with Crippen molar-refractivity contribution >= 4 is 0 Å². The van der Waals surface area contributed by atoms with Crippen LogP contribution < -0.4 is 14.8 Å². The first-order chi connectivity index (χ1) is 9.74. The molecule has 0 aliphatic carbocycles. The lowest BCUT2D eigenvalue weighted by atomic mass is 10.1. The number of ether oxygens (including phenoxy) is 2. The van der Waals surface area contributed by atoms with Gasteiger partial charge in [-0.1, -0.05) is 24.3 Å². The summed E-state index contributed by atoms with van der Waals surface area (Å²) in [6, 6.07) is 12.6. The molecule has 0 radical (unpaired) electrons. The van der Waals surface area contributed by atoms with Gasteiger partial charge in [0.1, 0.15) is 17.3 Å². The molecule has 0 saturated carbocycles. The zero-order valence-electron chi connectivity index (χ0n) is 11.7. The van der Waals surface area contributed by atoms with Crippen LogP contribution in [0.5, 0.6) is 11.5 Å². The molecule has 2 aromatic carbocycles. The molecule has 0 spiro atoms. The molecule has 4 heteroatoms. The Kier molecular flexibility index (Phi) is 4.96. The molecule has 0 unspecified atom stereocenters. The predicted octanol–water partition coefficient (Wildman–Crippen LogP) is 3.13. The minimum atomic E-state index is -0.267. The van der Waals surface area contributed by atoms with E-state index in [2.05, 4.69) is 5.32 Å². The molecule has 0 fully saturated rings. The first-order valence-electron chi connectivity index (χ1n) is 6.39. The molecule has 0 saturated heterocycles. The Morgan fingerprint density at radius 3 is 2.40 bits per heavy atom. The van der Waals surface area contributed by atoms with Gasteiger partial charge in [0.25, 0.3) is 0 Å². The van der Waals surface area contributed by atoms with Crippen molar-refractivity contribution in [3.63, 3.8) is 0 Å². The number of hydrogen-bond donors (Lipinski definition) is 1. The van der Waals surface area contributed by atoms with Crippen molar-refractivity contribution in [2.75, 3.05) is 14.2 Å². The third-order valence-corrected chi connectivity index (χ3v) is 3.08. The molecule has 0 heterocycles. The summed E-state index contributed by atoms with van der Waals surface area (Å²) in [5.41, 5.74) is 1.66. The van der Waals surface area contributed by atoms with Crippen LogP contribution in [0.25, 0.3) is 0 Å². The third-order valence-electron chi connectivity index (χ3n) is 3.08. The van der Waals surface area contributed by atoms with Crippen LogP contribution in [0.3, 0.4) is 0 Å². The summed E-state index contributed by atoms with van der Waals surface area (Å²) in [5, 5.41) is 3.21. The second-order valence-electron chi connectivity index (χ2n) is 4.37. The number of hydrogen-bond acceptors (Lipinski definition) is 3. The summed E-state index contributed by atoms with van der Waals surface area (Å²) in [6.07, 6.45) is 0. The van der Waals surface area contributed by atoms with Crippen LogP contribution in [0.1, 0.15) is 11.1 Å². The van der Waals surface area contributed by atoms with Gasteiger partial charge < -0.3 is 14.8 Å². The van der Waals surface area contributed by atoms with Crippen molar-refractivity contribution in [1.82, 2.24) is 5.32 Å². The van der Waals surface area contributed by atoms with Gasteiger partial charge in [0, 0.05) is 30.3 Å². The van der Waals surface area contributed by atoms with Crippen molar-refractivity contribution in [3.05, 3.63) is 59.4 Å². The molecule has 0 amide bonds. The topological polar surface area (TPSA) is 30.5 Å². The Balaban J connectivity index is 1.96. The van der Waals surface area contributed by atoms with E-state index in [0.29, 0.717) is 24.4 Å². The average Bonchev–Trinajstić information content (AvgIpc) is 2.49. The fourth-order valence-corrected chi connectivity index (χ4v) is 1.98. The van der Waals surface area contributed by atoms with E-state index >= 15 is 0 Å². The largest absolute Gasteiger partial charge is 0.497 e. The lowest BCUT2D eigenvalue weighted by Crippen LogP contribution is -2.14. The lowest BCUT2D eigenvalue weighted by molar-refractivity contribution is 0.407. The van der Waals surface area contributed by atoms with Crippen molar-refractivity contribution in [1.29, 1.82) is 0 Å². The second-order valence-corrected chi connectivity index (χ2v) is 4.37. The Bertz CT molecular complexity index is 572. The molecule has 0 aromatic heterocycles. The normalized spacial score (nSPS) is 10.3. The van der Waals surface area contributed by atoms with Crippen molar-refractivity contribution < 1.29 is 13.9 Å². The van der Waals surface area contributed by atoms with E-state index in [1.54, 1.807) is 19.2 Å². The minimum Gasteiger partial charge on any atom is -0.497 e. The van der Waals surface area contributed by atoms with Crippen LogP contribution in [0.4, 0.5) is 4.39 Å². The molecule has 0 aliphatic rings. The summed E-state index contributed by atoms with van der Waals surface area (Å²) in [5.74, 6) is 1.09. The van der Waals surface area contributed by atoms with Crippen molar-refractivity contribution in [2.24, 2.45) is 0 Å². The van der Waals surface area contributed by atoms with E-state index in [0.717, 1.165) is 11.3 Å². The Labute approximate surface area is 118 Å². The van der Waals surface area contributed by atoms with E-state index in [1.807, 2.05) is 24.3 Å². The lowest BCUT2D eigenvalue weighted by Gasteiger charge is -2.10. The van der Waals surface area contributed by atoms with Crippen LogP contribution in [-0.2, 0) is 13.1 Å². The Morgan fingerprint density at radius 2 is 1.70 bits per heavy atom. The monoisotopic (exact) mass is 275 g/mol. The van der Waals surface area contributed by atoms with Crippen molar-refractivity contribution in [3.8, 4) is 11.5 Å². The van der Waals surface area contributed by atoms with Gasteiger partial charge in [0.2, 0.25) is 0 Å². The number of benzene rings is 2. The Hall–Kier alpha value is -2.07. The highest BCUT2D eigenvalue weighted by molar-refractivity contribution is 5.33. The number of para-hydroxylation sites is 1. The quantitative estimate of drug-likeness (QED) is 0.878. The maximum absolute atomic E-state index is 13.8. The minimum absolute atomic E-state index is 0.267. The molecule has 1 N–H and O–H groups in total. The fourth-order valence-electron chi connectivity index (χ4n) is 1.98. The van der Waals surface area contributed by atoms with Gasteiger partial charge in [-0.2, -0.15) is 0 Å². The van der Waals surface area contributed by atoms with Crippen molar-refractivity contribution in [2.45, 2.75) is 13.1 Å². The number of rotatable bonds is 6. The summed E-state index contributed by atoms with van der Waals surface area (Å²) >= 11 is 0. The average molecular weight is 275 g/mol. The maximum atomic E-state index is 13.8. The highest BCUT2D eigenvalue weighted by Crippen LogP contribution is 2.18. The molecule has 20 heavy (non-hydrogen) atoms. The summed E-state index contributed by atoms with van der Waals surface area (Å²) in [6.45, 7) is 1.07. The molecule has 0 aliphatic heterocycles. The van der Waals surface area contributed by atoms with Crippen LogP contribution >= 0.6 is 0 Å². The second kappa shape index (κ2) is 6.91. The fraction of sp³-hybridized carbons (Fsp3) is 0.250. The standard InChI is InChI=1S/C16H18FNO2/c1-19-14-8-7-12(15(17)9-14)10-18-11-13-5-3-4-6-16(13)20-2/h3-9,18H,10-11H2,1-2H3.